The second-order valence-electron chi connectivity index (χ2n) is 5.13. The molecule has 0 spiro atoms. The smallest absolute Gasteiger partial charge is 0.127 e. The first kappa shape index (κ1) is 15.1. The van der Waals surface area contributed by atoms with Crippen molar-refractivity contribution in [2.75, 3.05) is 7.11 Å². The van der Waals surface area contributed by atoms with Gasteiger partial charge in [-0.05, 0) is 49.1 Å². The van der Waals surface area contributed by atoms with Crippen LogP contribution in [0.5, 0.6) is 5.75 Å². The molecule has 3 heteroatoms. The van der Waals surface area contributed by atoms with Crippen LogP contribution in [0.25, 0.3) is 0 Å². The maximum Gasteiger partial charge on any atom is 0.127 e. The first-order valence-electron chi connectivity index (χ1n) is 6.61. The Morgan fingerprint density at radius 3 is 2.30 bits per heavy atom. The van der Waals surface area contributed by atoms with E-state index in [1.54, 1.807) is 7.11 Å². The first-order chi connectivity index (χ1) is 9.45. The number of halogens is 1. The van der Waals surface area contributed by atoms with Gasteiger partial charge in [-0.1, -0.05) is 40.2 Å². The summed E-state index contributed by atoms with van der Waals surface area (Å²) in [6, 6.07) is 10.2. The molecule has 0 heterocycles. The predicted molar refractivity (Wildman–Crippen MR) is 87.4 cm³/mol. The van der Waals surface area contributed by atoms with Crippen molar-refractivity contribution in [3.63, 3.8) is 0 Å². The molecule has 0 fully saturated rings. The third-order valence-electron chi connectivity index (χ3n) is 3.74. The van der Waals surface area contributed by atoms with Crippen molar-refractivity contribution in [2.45, 2.75) is 26.8 Å². The lowest BCUT2D eigenvalue weighted by Gasteiger charge is -2.20. The highest BCUT2D eigenvalue weighted by Gasteiger charge is 2.18. The van der Waals surface area contributed by atoms with E-state index in [4.69, 9.17) is 10.5 Å². The molecule has 0 aliphatic carbocycles. The van der Waals surface area contributed by atoms with Crippen molar-refractivity contribution in [1.82, 2.24) is 0 Å². The molecule has 106 valence electrons. The zero-order chi connectivity index (χ0) is 14.9. The van der Waals surface area contributed by atoms with Crippen LogP contribution in [0.15, 0.2) is 34.8 Å². The fourth-order valence-corrected chi connectivity index (χ4v) is 3.12. The third-order valence-corrected chi connectivity index (χ3v) is 4.42. The average Bonchev–Trinajstić information content (AvgIpc) is 2.41. The molecule has 0 bridgehead atoms. The standard InChI is InChI=1S/C17H20BrNO/c1-10-5-7-13(15(18)9-10)16(19)14-8-6-11(2)12(3)17(14)20-4/h5-9,16H,19H2,1-4H3. The quantitative estimate of drug-likeness (QED) is 0.901. The molecule has 0 amide bonds. The van der Waals surface area contributed by atoms with Crippen LogP contribution in [0.4, 0.5) is 0 Å². The molecule has 2 aromatic carbocycles. The van der Waals surface area contributed by atoms with Gasteiger partial charge in [-0.3, -0.25) is 0 Å². The SMILES string of the molecule is COc1c(C(N)c2ccc(C)cc2Br)ccc(C)c1C. The highest BCUT2D eigenvalue weighted by Crippen LogP contribution is 2.35. The van der Waals surface area contributed by atoms with Crippen molar-refractivity contribution in [3.8, 4) is 5.75 Å². The van der Waals surface area contributed by atoms with Gasteiger partial charge in [-0.2, -0.15) is 0 Å². The zero-order valence-electron chi connectivity index (χ0n) is 12.3. The normalized spacial score (nSPS) is 12.3. The number of ether oxygens (including phenoxy) is 1. The maximum absolute atomic E-state index is 6.45. The molecule has 0 saturated heterocycles. The molecule has 1 unspecified atom stereocenters. The van der Waals surface area contributed by atoms with Gasteiger partial charge in [-0.25, -0.2) is 0 Å². The van der Waals surface area contributed by atoms with Gasteiger partial charge in [0.2, 0.25) is 0 Å². The van der Waals surface area contributed by atoms with Crippen LogP contribution < -0.4 is 10.5 Å². The molecule has 2 N–H and O–H groups in total. The monoisotopic (exact) mass is 333 g/mol. The highest BCUT2D eigenvalue weighted by molar-refractivity contribution is 9.10. The van der Waals surface area contributed by atoms with Gasteiger partial charge in [0.25, 0.3) is 0 Å². The minimum Gasteiger partial charge on any atom is -0.496 e. The Labute approximate surface area is 129 Å². The minimum atomic E-state index is -0.209. The van der Waals surface area contributed by atoms with E-state index >= 15 is 0 Å². The minimum absolute atomic E-state index is 0.209. The van der Waals surface area contributed by atoms with Crippen molar-refractivity contribution in [2.24, 2.45) is 5.73 Å². The molecule has 0 aliphatic rings. The highest BCUT2D eigenvalue weighted by atomic mass is 79.9. The van der Waals surface area contributed by atoms with Gasteiger partial charge in [0.05, 0.1) is 13.2 Å². The topological polar surface area (TPSA) is 35.2 Å². The second kappa shape index (κ2) is 5.98. The van der Waals surface area contributed by atoms with Crippen molar-refractivity contribution < 1.29 is 4.74 Å². The lowest BCUT2D eigenvalue weighted by molar-refractivity contribution is 0.404. The summed E-state index contributed by atoms with van der Waals surface area (Å²) < 4.78 is 6.60. The largest absolute Gasteiger partial charge is 0.496 e. The Morgan fingerprint density at radius 2 is 1.70 bits per heavy atom. The molecule has 0 aliphatic heterocycles. The van der Waals surface area contributed by atoms with Crippen LogP contribution in [-0.2, 0) is 0 Å². The number of benzene rings is 2. The Morgan fingerprint density at radius 1 is 1.05 bits per heavy atom. The van der Waals surface area contributed by atoms with Crippen molar-refractivity contribution >= 4 is 15.9 Å². The molecule has 1 atom stereocenters. The van der Waals surface area contributed by atoms with Gasteiger partial charge < -0.3 is 10.5 Å². The van der Waals surface area contributed by atoms with Gasteiger partial charge in [0.15, 0.2) is 0 Å². The fourth-order valence-electron chi connectivity index (χ4n) is 2.38. The van der Waals surface area contributed by atoms with Crippen LogP contribution in [0, 0.1) is 20.8 Å². The molecular weight excluding hydrogens is 314 g/mol. The molecular formula is C17H20BrNO. The number of methoxy groups -OCH3 is 1. The summed E-state index contributed by atoms with van der Waals surface area (Å²) in [6.07, 6.45) is 0. The van der Waals surface area contributed by atoms with E-state index in [0.29, 0.717) is 0 Å². The van der Waals surface area contributed by atoms with E-state index in [-0.39, 0.29) is 6.04 Å². The van der Waals surface area contributed by atoms with Crippen LogP contribution in [-0.4, -0.2) is 7.11 Å². The van der Waals surface area contributed by atoms with Gasteiger partial charge >= 0.3 is 0 Å². The molecule has 0 radical (unpaired) electrons. The van der Waals surface area contributed by atoms with E-state index in [9.17, 15) is 0 Å². The van der Waals surface area contributed by atoms with E-state index in [1.807, 2.05) is 0 Å². The molecule has 2 aromatic rings. The average molecular weight is 334 g/mol. The van der Waals surface area contributed by atoms with Crippen molar-refractivity contribution in [1.29, 1.82) is 0 Å². The summed E-state index contributed by atoms with van der Waals surface area (Å²) in [5, 5.41) is 0. The predicted octanol–water partition coefficient (Wildman–Crippen LogP) is 4.43. The van der Waals surface area contributed by atoms with Crippen LogP contribution >= 0.6 is 15.9 Å². The van der Waals surface area contributed by atoms with E-state index in [2.05, 4.69) is 67.0 Å². The third kappa shape index (κ3) is 2.74. The van der Waals surface area contributed by atoms with E-state index < -0.39 is 0 Å². The Kier molecular flexibility index (Phi) is 4.51. The van der Waals surface area contributed by atoms with Crippen molar-refractivity contribution in [3.05, 3.63) is 62.6 Å². The maximum atomic E-state index is 6.45. The molecule has 20 heavy (non-hydrogen) atoms. The first-order valence-corrected chi connectivity index (χ1v) is 7.40. The number of hydrogen-bond donors (Lipinski definition) is 1. The van der Waals surface area contributed by atoms with E-state index in [1.165, 1.54) is 11.1 Å². The summed E-state index contributed by atoms with van der Waals surface area (Å²) in [5.74, 6) is 0.880. The van der Waals surface area contributed by atoms with Gasteiger partial charge in [0, 0.05) is 10.0 Å². The number of rotatable bonds is 3. The van der Waals surface area contributed by atoms with E-state index in [0.717, 1.165) is 26.9 Å². The lowest BCUT2D eigenvalue weighted by Crippen LogP contribution is -2.14. The molecule has 2 rings (SSSR count). The van der Waals surface area contributed by atoms with Gasteiger partial charge in [0.1, 0.15) is 5.75 Å². The van der Waals surface area contributed by atoms with Crippen LogP contribution in [0.1, 0.15) is 33.9 Å². The number of nitrogens with two attached hydrogens (primary N) is 1. The summed E-state index contributed by atoms with van der Waals surface area (Å²) in [7, 11) is 1.70. The summed E-state index contributed by atoms with van der Waals surface area (Å²) in [4.78, 5) is 0. The Balaban J connectivity index is 2.53. The Bertz CT molecular complexity index is 637. The lowest BCUT2D eigenvalue weighted by atomic mass is 9.94. The second-order valence-corrected chi connectivity index (χ2v) is 5.99. The summed E-state index contributed by atoms with van der Waals surface area (Å²) in [6.45, 7) is 6.21. The Hall–Kier alpha value is -1.32. The number of hydrogen-bond acceptors (Lipinski definition) is 2. The van der Waals surface area contributed by atoms with Crippen LogP contribution in [0.2, 0.25) is 0 Å². The fraction of sp³-hybridized carbons (Fsp3) is 0.294. The number of aryl methyl sites for hydroxylation is 2. The van der Waals surface area contributed by atoms with Crippen LogP contribution in [0.3, 0.4) is 0 Å². The van der Waals surface area contributed by atoms with Gasteiger partial charge in [-0.15, -0.1) is 0 Å². The summed E-state index contributed by atoms with van der Waals surface area (Å²) in [5.41, 5.74) is 12.1. The molecule has 2 nitrogen and oxygen atoms in total. The molecule has 0 saturated carbocycles. The molecule has 0 aromatic heterocycles. The zero-order valence-corrected chi connectivity index (χ0v) is 13.9. The summed E-state index contributed by atoms with van der Waals surface area (Å²) >= 11 is 3.60.